The van der Waals surface area contributed by atoms with Crippen LogP contribution in [0.3, 0.4) is 0 Å². The van der Waals surface area contributed by atoms with Crippen molar-refractivity contribution in [2.45, 2.75) is 12.3 Å². The van der Waals surface area contributed by atoms with Gasteiger partial charge in [0.2, 0.25) is 0 Å². The standard InChI is InChI=1S/C9H11ClN2O/c1-7(10)9(13)12-11-8-5-3-2-4-6-8/h2-7,11H,1H3,(H,12,13). The Morgan fingerprint density at radius 3 is 2.54 bits per heavy atom. The third-order valence-corrected chi connectivity index (χ3v) is 1.66. The van der Waals surface area contributed by atoms with Crippen molar-refractivity contribution in [3.05, 3.63) is 30.3 Å². The summed E-state index contributed by atoms with van der Waals surface area (Å²) in [5.74, 6) is -0.245. The number of carbonyl (C=O) groups excluding carboxylic acids is 1. The number of rotatable bonds is 3. The fraction of sp³-hybridized carbons (Fsp3) is 0.222. The van der Waals surface area contributed by atoms with Crippen LogP contribution in [0.25, 0.3) is 0 Å². The highest BCUT2D eigenvalue weighted by atomic mass is 35.5. The van der Waals surface area contributed by atoms with Crippen molar-refractivity contribution in [1.82, 2.24) is 5.43 Å². The molecule has 0 aliphatic carbocycles. The second kappa shape index (κ2) is 4.72. The number of anilines is 1. The maximum Gasteiger partial charge on any atom is 0.256 e. The van der Waals surface area contributed by atoms with Crippen molar-refractivity contribution >= 4 is 23.2 Å². The van der Waals surface area contributed by atoms with E-state index in [0.717, 1.165) is 5.69 Å². The lowest BCUT2D eigenvalue weighted by molar-refractivity contribution is -0.119. The summed E-state index contributed by atoms with van der Waals surface area (Å²) < 4.78 is 0. The van der Waals surface area contributed by atoms with Gasteiger partial charge in [0.1, 0.15) is 5.38 Å². The molecule has 1 atom stereocenters. The average Bonchev–Trinajstić information content (AvgIpc) is 2.15. The maximum absolute atomic E-state index is 11.0. The molecule has 13 heavy (non-hydrogen) atoms. The van der Waals surface area contributed by atoms with Crippen molar-refractivity contribution in [3.63, 3.8) is 0 Å². The minimum Gasteiger partial charge on any atom is -0.299 e. The SMILES string of the molecule is CC(Cl)C(=O)NNc1ccccc1. The summed E-state index contributed by atoms with van der Waals surface area (Å²) in [5.41, 5.74) is 6.05. The van der Waals surface area contributed by atoms with Gasteiger partial charge in [-0.15, -0.1) is 11.6 Å². The predicted molar refractivity (Wildman–Crippen MR) is 53.5 cm³/mol. The highest BCUT2D eigenvalue weighted by Crippen LogP contribution is 2.02. The van der Waals surface area contributed by atoms with Crippen molar-refractivity contribution in [2.24, 2.45) is 0 Å². The van der Waals surface area contributed by atoms with E-state index in [4.69, 9.17) is 11.6 Å². The van der Waals surface area contributed by atoms with Crippen LogP contribution in [0, 0.1) is 0 Å². The second-order valence-corrected chi connectivity index (χ2v) is 3.25. The first-order valence-electron chi connectivity index (χ1n) is 3.95. The molecule has 1 aromatic rings. The van der Waals surface area contributed by atoms with Crippen LogP contribution in [-0.2, 0) is 4.79 Å². The molecule has 0 aromatic heterocycles. The summed E-state index contributed by atoms with van der Waals surface area (Å²) in [6, 6.07) is 9.34. The van der Waals surface area contributed by atoms with Crippen LogP contribution >= 0.6 is 11.6 Å². The van der Waals surface area contributed by atoms with Gasteiger partial charge < -0.3 is 0 Å². The molecule has 70 valence electrons. The largest absolute Gasteiger partial charge is 0.299 e. The zero-order chi connectivity index (χ0) is 9.68. The third-order valence-electron chi connectivity index (χ3n) is 1.47. The van der Waals surface area contributed by atoms with Gasteiger partial charge in [0.05, 0.1) is 5.69 Å². The van der Waals surface area contributed by atoms with E-state index in [0.29, 0.717) is 0 Å². The second-order valence-electron chi connectivity index (χ2n) is 2.60. The molecule has 4 heteroatoms. The van der Waals surface area contributed by atoms with Gasteiger partial charge in [-0.3, -0.25) is 15.6 Å². The zero-order valence-electron chi connectivity index (χ0n) is 7.25. The molecule has 1 rings (SSSR count). The van der Waals surface area contributed by atoms with E-state index in [2.05, 4.69) is 10.9 Å². The van der Waals surface area contributed by atoms with Crippen LogP contribution in [0.4, 0.5) is 5.69 Å². The summed E-state index contributed by atoms with van der Waals surface area (Å²) in [5, 5.41) is -0.531. The number of benzene rings is 1. The van der Waals surface area contributed by atoms with Crippen LogP contribution in [-0.4, -0.2) is 11.3 Å². The van der Waals surface area contributed by atoms with Crippen molar-refractivity contribution in [2.75, 3.05) is 5.43 Å². The Kier molecular flexibility index (Phi) is 3.58. The Morgan fingerprint density at radius 2 is 2.00 bits per heavy atom. The van der Waals surface area contributed by atoms with Gasteiger partial charge in [0.15, 0.2) is 0 Å². The predicted octanol–water partition coefficient (Wildman–Crippen LogP) is 1.76. The first kappa shape index (κ1) is 9.86. The van der Waals surface area contributed by atoms with E-state index in [1.54, 1.807) is 6.92 Å². The van der Waals surface area contributed by atoms with Gasteiger partial charge in [0.25, 0.3) is 5.91 Å². The normalized spacial score (nSPS) is 11.8. The molecule has 0 spiro atoms. The summed E-state index contributed by atoms with van der Waals surface area (Å²) in [6.07, 6.45) is 0. The molecule has 0 saturated carbocycles. The third kappa shape index (κ3) is 3.34. The molecule has 0 saturated heterocycles. The molecule has 1 aromatic carbocycles. The Balaban J connectivity index is 2.40. The monoisotopic (exact) mass is 198 g/mol. The quantitative estimate of drug-likeness (QED) is 0.574. The van der Waals surface area contributed by atoms with Crippen LogP contribution in [0.1, 0.15) is 6.92 Å². The van der Waals surface area contributed by atoms with Crippen molar-refractivity contribution < 1.29 is 4.79 Å². The Labute approximate surface area is 82.1 Å². The fourth-order valence-corrected chi connectivity index (χ4v) is 0.809. The van der Waals surface area contributed by atoms with E-state index >= 15 is 0 Å². The van der Waals surface area contributed by atoms with Gasteiger partial charge in [-0.2, -0.15) is 0 Å². The van der Waals surface area contributed by atoms with Crippen LogP contribution < -0.4 is 10.9 Å². The molecule has 0 radical (unpaired) electrons. The highest BCUT2D eigenvalue weighted by molar-refractivity contribution is 6.30. The molecule has 3 nitrogen and oxygen atoms in total. The molecule has 1 unspecified atom stereocenters. The van der Waals surface area contributed by atoms with Gasteiger partial charge in [-0.05, 0) is 19.1 Å². The Bertz CT molecular complexity index is 274. The van der Waals surface area contributed by atoms with Gasteiger partial charge in [0, 0.05) is 0 Å². The summed E-state index contributed by atoms with van der Waals surface area (Å²) in [7, 11) is 0. The fourth-order valence-electron chi connectivity index (χ4n) is 0.755. The molecule has 0 aliphatic heterocycles. The average molecular weight is 199 g/mol. The lowest BCUT2D eigenvalue weighted by atomic mass is 10.3. The minimum atomic E-state index is -0.531. The van der Waals surface area contributed by atoms with E-state index < -0.39 is 5.38 Å². The number of nitrogens with one attached hydrogen (secondary N) is 2. The van der Waals surface area contributed by atoms with Crippen molar-refractivity contribution in [3.8, 4) is 0 Å². The van der Waals surface area contributed by atoms with Crippen LogP contribution in [0.15, 0.2) is 30.3 Å². The number of alkyl halides is 1. The molecule has 0 heterocycles. The minimum absolute atomic E-state index is 0.245. The van der Waals surface area contributed by atoms with Gasteiger partial charge >= 0.3 is 0 Å². The molecule has 1 amide bonds. The van der Waals surface area contributed by atoms with Gasteiger partial charge in [-0.25, -0.2) is 0 Å². The van der Waals surface area contributed by atoms with E-state index in [-0.39, 0.29) is 5.91 Å². The lowest BCUT2D eigenvalue weighted by Gasteiger charge is -2.08. The molecule has 0 aliphatic rings. The number of hydrogen-bond acceptors (Lipinski definition) is 2. The molecular weight excluding hydrogens is 188 g/mol. The number of hydrazine groups is 1. The Hall–Kier alpha value is -1.22. The van der Waals surface area contributed by atoms with E-state index in [9.17, 15) is 4.79 Å². The molecule has 0 bridgehead atoms. The van der Waals surface area contributed by atoms with E-state index in [1.807, 2.05) is 30.3 Å². The molecule has 2 N–H and O–H groups in total. The van der Waals surface area contributed by atoms with Crippen molar-refractivity contribution in [1.29, 1.82) is 0 Å². The first-order valence-corrected chi connectivity index (χ1v) is 4.39. The number of para-hydroxylation sites is 1. The summed E-state index contributed by atoms with van der Waals surface area (Å²) in [4.78, 5) is 11.0. The van der Waals surface area contributed by atoms with Crippen LogP contribution in [0.5, 0.6) is 0 Å². The number of carbonyl (C=O) groups is 1. The Morgan fingerprint density at radius 1 is 1.38 bits per heavy atom. The van der Waals surface area contributed by atoms with Gasteiger partial charge in [-0.1, -0.05) is 18.2 Å². The number of amides is 1. The summed E-state index contributed by atoms with van der Waals surface area (Å²) >= 11 is 5.54. The first-order chi connectivity index (χ1) is 6.20. The number of hydrogen-bond donors (Lipinski definition) is 2. The highest BCUT2D eigenvalue weighted by Gasteiger charge is 2.06. The van der Waals surface area contributed by atoms with E-state index in [1.165, 1.54) is 0 Å². The smallest absolute Gasteiger partial charge is 0.256 e. The maximum atomic E-state index is 11.0. The number of halogens is 1. The molecular formula is C9H11ClN2O. The topological polar surface area (TPSA) is 41.1 Å². The van der Waals surface area contributed by atoms with Crippen LogP contribution in [0.2, 0.25) is 0 Å². The summed E-state index contributed by atoms with van der Waals surface area (Å²) in [6.45, 7) is 1.61. The zero-order valence-corrected chi connectivity index (χ0v) is 8.01. The molecule has 0 fully saturated rings. The lowest BCUT2D eigenvalue weighted by Crippen LogP contribution is -2.34.